The molecule has 3 rings (SSSR count). The van der Waals surface area contributed by atoms with Crippen LogP contribution in [0.2, 0.25) is 10.0 Å². The summed E-state index contributed by atoms with van der Waals surface area (Å²) >= 11 is 12.0. The van der Waals surface area contributed by atoms with Crippen molar-refractivity contribution >= 4 is 29.2 Å². The zero-order valence-corrected chi connectivity index (χ0v) is 15.3. The van der Waals surface area contributed by atoms with Crippen molar-refractivity contribution in [2.45, 2.75) is 6.92 Å². The molecule has 5 nitrogen and oxygen atoms in total. The average Bonchev–Trinajstić information content (AvgIpc) is 2.65. The topological polar surface area (TPSA) is 61.3 Å². The van der Waals surface area contributed by atoms with Crippen LogP contribution < -0.4 is 4.74 Å². The third-order valence-electron chi connectivity index (χ3n) is 3.38. The molecule has 0 aliphatic rings. The lowest BCUT2D eigenvalue weighted by Crippen LogP contribution is -2.05. The van der Waals surface area contributed by atoms with Crippen molar-refractivity contribution in [2.24, 2.45) is 0 Å². The molecule has 0 N–H and O–H groups in total. The van der Waals surface area contributed by atoms with Crippen molar-refractivity contribution < 1.29 is 14.3 Å². The van der Waals surface area contributed by atoms with Crippen molar-refractivity contribution in [1.82, 2.24) is 9.97 Å². The van der Waals surface area contributed by atoms with Gasteiger partial charge < -0.3 is 9.47 Å². The van der Waals surface area contributed by atoms with Crippen LogP contribution in [0.3, 0.4) is 0 Å². The second-order valence-electron chi connectivity index (χ2n) is 5.22. The highest BCUT2D eigenvalue weighted by molar-refractivity contribution is 6.35. The van der Waals surface area contributed by atoms with Gasteiger partial charge in [0.25, 0.3) is 0 Å². The molecule has 2 heterocycles. The van der Waals surface area contributed by atoms with Crippen LogP contribution in [0.5, 0.6) is 11.6 Å². The largest absolute Gasteiger partial charge is 0.462 e. The third kappa shape index (κ3) is 4.31. The van der Waals surface area contributed by atoms with Gasteiger partial charge in [-0.2, -0.15) is 0 Å². The van der Waals surface area contributed by atoms with E-state index < -0.39 is 5.97 Å². The highest BCUT2D eigenvalue weighted by Crippen LogP contribution is 2.31. The first-order valence-corrected chi connectivity index (χ1v) is 8.55. The van der Waals surface area contributed by atoms with Crippen molar-refractivity contribution in [3.63, 3.8) is 0 Å². The van der Waals surface area contributed by atoms with Crippen LogP contribution in [0.4, 0.5) is 0 Å². The molecule has 26 heavy (non-hydrogen) atoms. The number of nitrogens with zero attached hydrogens (tertiary/aromatic N) is 2. The first kappa shape index (κ1) is 18.2. The standard InChI is InChI=1S/C19H14Cl2N2O3/c1-2-25-19(24)13-8-12(10-22-11-13)16-4-3-5-18(23-16)26-17-7-6-14(20)9-15(17)21/h3-11H,2H2,1H3. The molecule has 0 saturated carbocycles. The Balaban J connectivity index is 1.87. The van der Waals surface area contributed by atoms with E-state index in [9.17, 15) is 4.79 Å². The molecular weight excluding hydrogens is 375 g/mol. The Morgan fingerprint density at radius 1 is 1.12 bits per heavy atom. The Morgan fingerprint density at radius 3 is 2.73 bits per heavy atom. The van der Waals surface area contributed by atoms with Gasteiger partial charge in [-0.3, -0.25) is 4.98 Å². The molecule has 1 aromatic carbocycles. The van der Waals surface area contributed by atoms with Crippen molar-refractivity contribution in [3.05, 3.63) is 70.5 Å². The van der Waals surface area contributed by atoms with Gasteiger partial charge in [-0.15, -0.1) is 0 Å². The number of esters is 1. The maximum Gasteiger partial charge on any atom is 0.339 e. The van der Waals surface area contributed by atoms with Crippen LogP contribution in [0, 0.1) is 0 Å². The summed E-state index contributed by atoms with van der Waals surface area (Å²) < 4.78 is 10.7. The Hall–Kier alpha value is -2.63. The average molecular weight is 389 g/mol. The number of halogens is 2. The van der Waals surface area contributed by atoms with Crippen LogP contribution in [-0.4, -0.2) is 22.5 Å². The molecule has 132 valence electrons. The van der Waals surface area contributed by atoms with Crippen molar-refractivity contribution in [1.29, 1.82) is 0 Å². The van der Waals surface area contributed by atoms with E-state index in [0.717, 1.165) is 0 Å². The van der Waals surface area contributed by atoms with E-state index in [0.29, 0.717) is 45.1 Å². The van der Waals surface area contributed by atoms with Crippen LogP contribution in [0.1, 0.15) is 17.3 Å². The van der Waals surface area contributed by atoms with E-state index in [-0.39, 0.29) is 0 Å². The van der Waals surface area contributed by atoms with Gasteiger partial charge >= 0.3 is 5.97 Å². The van der Waals surface area contributed by atoms with E-state index in [1.807, 2.05) is 0 Å². The van der Waals surface area contributed by atoms with Crippen LogP contribution in [0.25, 0.3) is 11.3 Å². The Labute approximate surface area is 160 Å². The normalized spacial score (nSPS) is 10.4. The van der Waals surface area contributed by atoms with E-state index >= 15 is 0 Å². The molecular formula is C19H14Cl2N2O3. The second-order valence-corrected chi connectivity index (χ2v) is 6.06. The minimum absolute atomic E-state index is 0.298. The molecule has 7 heteroatoms. The summed E-state index contributed by atoms with van der Waals surface area (Å²) in [6.45, 7) is 2.05. The number of benzene rings is 1. The van der Waals surface area contributed by atoms with Crippen LogP contribution >= 0.6 is 23.2 Å². The number of carbonyl (C=O) groups excluding carboxylic acids is 1. The third-order valence-corrected chi connectivity index (χ3v) is 3.91. The van der Waals surface area contributed by atoms with Gasteiger partial charge in [0.05, 0.1) is 22.9 Å². The van der Waals surface area contributed by atoms with Crippen LogP contribution in [0.15, 0.2) is 54.9 Å². The molecule has 0 saturated heterocycles. The van der Waals surface area contributed by atoms with Crippen molar-refractivity contribution in [3.8, 4) is 22.9 Å². The lowest BCUT2D eigenvalue weighted by Gasteiger charge is -2.09. The molecule has 0 aliphatic carbocycles. The molecule has 0 atom stereocenters. The van der Waals surface area contributed by atoms with E-state index in [1.54, 1.807) is 55.6 Å². The predicted octanol–water partition coefficient (Wildman–Crippen LogP) is 5.42. The molecule has 0 fully saturated rings. The Morgan fingerprint density at radius 2 is 1.96 bits per heavy atom. The first-order chi connectivity index (χ1) is 12.6. The summed E-state index contributed by atoms with van der Waals surface area (Å²) in [5.74, 6) is 0.370. The van der Waals surface area contributed by atoms with E-state index in [1.165, 1.54) is 6.20 Å². The van der Waals surface area contributed by atoms with Gasteiger partial charge in [0.2, 0.25) is 5.88 Å². The smallest absolute Gasteiger partial charge is 0.339 e. The summed E-state index contributed by atoms with van der Waals surface area (Å²) in [4.78, 5) is 20.4. The monoisotopic (exact) mass is 388 g/mol. The molecule has 0 bridgehead atoms. The molecule has 0 aliphatic heterocycles. The Kier molecular flexibility index (Phi) is 5.71. The van der Waals surface area contributed by atoms with Gasteiger partial charge in [0, 0.05) is 29.0 Å². The van der Waals surface area contributed by atoms with Gasteiger partial charge in [0.1, 0.15) is 5.75 Å². The predicted molar refractivity (Wildman–Crippen MR) is 100.0 cm³/mol. The van der Waals surface area contributed by atoms with Crippen LogP contribution in [-0.2, 0) is 4.74 Å². The Bertz CT molecular complexity index is 948. The summed E-state index contributed by atoms with van der Waals surface area (Å²) in [7, 11) is 0. The molecule has 3 aromatic rings. The lowest BCUT2D eigenvalue weighted by atomic mass is 10.1. The fourth-order valence-corrected chi connectivity index (χ4v) is 2.66. The summed E-state index contributed by atoms with van der Waals surface area (Å²) in [5.41, 5.74) is 1.63. The fraction of sp³-hybridized carbons (Fsp3) is 0.105. The van der Waals surface area contributed by atoms with E-state index in [2.05, 4.69) is 9.97 Å². The van der Waals surface area contributed by atoms with Gasteiger partial charge in [-0.1, -0.05) is 29.3 Å². The fourth-order valence-electron chi connectivity index (χ4n) is 2.21. The van der Waals surface area contributed by atoms with Gasteiger partial charge in [-0.05, 0) is 37.3 Å². The maximum atomic E-state index is 11.9. The zero-order chi connectivity index (χ0) is 18.5. The number of aromatic nitrogens is 2. The molecule has 0 radical (unpaired) electrons. The molecule has 2 aromatic heterocycles. The minimum atomic E-state index is -0.429. The number of hydrogen-bond donors (Lipinski definition) is 0. The molecule has 0 spiro atoms. The van der Waals surface area contributed by atoms with E-state index in [4.69, 9.17) is 32.7 Å². The van der Waals surface area contributed by atoms with Gasteiger partial charge in [0.15, 0.2) is 0 Å². The van der Waals surface area contributed by atoms with Crippen molar-refractivity contribution in [2.75, 3.05) is 6.61 Å². The number of hydrogen-bond acceptors (Lipinski definition) is 5. The number of pyridine rings is 2. The summed E-state index contributed by atoms with van der Waals surface area (Å²) in [6.07, 6.45) is 3.07. The zero-order valence-electron chi connectivity index (χ0n) is 13.8. The highest BCUT2D eigenvalue weighted by atomic mass is 35.5. The molecule has 0 amide bonds. The highest BCUT2D eigenvalue weighted by Gasteiger charge is 2.11. The summed E-state index contributed by atoms with van der Waals surface area (Å²) in [5, 5.41) is 0.904. The molecule has 0 unspecified atom stereocenters. The summed E-state index contributed by atoms with van der Waals surface area (Å²) in [6, 6.07) is 11.9. The minimum Gasteiger partial charge on any atom is -0.462 e. The maximum absolute atomic E-state index is 11.9. The quantitative estimate of drug-likeness (QED) is 0.546. The number of carbonyl (C=O) groups is 1. The lowest BCUT2D eigenvalue weighted by molar-refractivity contribution is 0.0526. The number of rotatable bonds is 5. The van der Waals surface area contributed by atoms with Gasteiger partial charge in [-0.25, -0.2) is 9.78 Å². The SMILES string of the molecule is CCOC(=O)c1cncc(-c2cccc(Oc3ccc(Cl)cc3Cl)n2)c1. The first-order valence-electron chi connectivity index (χ1n) is 7.79. The number of ether oxygens (including phenoxy) is 2. The second kappa shape index (κ2) is 8.17.